The molecule has 0 radical (unpaired) electrons. The molecule has 0 amide bonds. The van der Waals surface area contributed by atoms with E-state index in [-0.39, 0.29) is 0 Å². The Bertz CT molecular complexity index is 88.0. The van der Waals surface area contributed by atoms with E-state index in [1.807, 2.05) is 0 Å². The third-order valence-electron chi connectivity index (χ3n) is 1.27. The quantitative estimate of drug-likeness (QED) is 0.319. The number of hydrazine groups is 1. The molecular formula is C4H10N4. The highest BCUT2D eigenvalue weighted by Gasteiger charge is 2.22. The highest BCUT2D eigenvalue weighted by molar-refractivity contribution is 4.73. The molecule has 0 heterocycles. The van der Waals surface area contributed by atoms with Crippen LogP contribution in [-0.2, 0) is 0 Å². The van der Waals surface area contributed by atoms with E-state index < -0.39 is 0 Å². The molecule has 0 spiro atoms. The topological polar surface area (TPSA) is 65.5 Å². The number of rotatable bonds is 3. The van der Waals surface area contributed by atoms with E-state index in [2.05, 4.69) is 5.22 Å². The van der Waals surface area contributed by atoms with Gasteiger partial charge in [-0.15, -0.1) is 0 Å². The summed E-state index contributed by atoms with van der Waals surface area (Å²) in [5.41, 5.74) is 6.46. The van der Waals surface area contributed by atoms with E-state index in [4.69, 9.17) is 11.4 Å². The minimum atomic E-state index is 0.717. The van der Waals surface area contributed by atoms with Crippen molar-refractivity contribution in [2.45, 2.75) is 12.8 Å². The standard InChI is InChI=1S/C4H10N4/c5-7-8(6)3-4-1-2-4/h4-5H,1-3,6H2. The van der Waals surface area contributed by atoms with Crippen molar-refractivity contribution in [2.24, 2.45) is 17.0 Å². The van der Waals surface area contributed by atoms with Crippen molar-refractivity contribution in [1.29, 1.82) is 5.53 Å². The second-order valence-corrected chi connectivity index (χ2v) is 2.17. The van der Waals surface area contributed by atoms with Gasteiger partial charge in [-0.2, -0.15) is 5.53 Å². The van der Waals surface area contributed by atoms with Crippen LogP contribution in [0.4, 0.5) is 0 Å². The van der Waals surface area contributed by atoms with Crippen LogP contribution in [0.15, 0.2) is 5.22 Å². The van der Waals surface area contributed by atoms with E-state index in [0.717, 1.165) is 6.54 Å². The lowest BCUT2D eigenvalue weighted by molar-refractivity contribution is 0.258. The van der Waals surface area contributed by atoms with Crippen LogP contribution in [0.5, 0.6) is 0 Å². The summed E-state index contributed by atoms with van der Waals surface area (Å²) in [4.78, 5) is 0. The summed E-state index contributed by atoms with van der Waals surface area (Å²) in [6.07, 6.45) is 2.51. The summed E-state index contributed by atoms with van der Waals surface area (Å²) in [6, 6.07) is 0. The largest absolute Gasteiger partial charge is 0.230 e. The van der Waals surface area contributed by atoms with E-state index in [0.29, 0.717) is 5.92 Å². The van der Waals surface area contributed by atoms with E-state index in [9.17, 15) is 0 Å². The first-order chi connectivity index (χ1) is 3.83. The Kier molecular flexibility index (Phi) is 1.43. The lowest BCUT2D eigenvalue weighted by Crippen LogP contribution is -2.26. The smallest absolute Gasteiger partial charge is 0.0575 e. The van der Waals surface area contributed by atoms with Crippen molar-refractivity contribution in [1.82, 2.24) is 5.12 Å². The zero-order valence-corrected chi connectivity index (χ0v) is 4.67. The van der Waals surface area contributed by atoms with Gasteiger partial charge in [0, 0.05) is 0 Å². The molecule has 8 heavy (non-hydrogen) atoms. The second-order valence-electron chi connectivity index (χ2n) is 2.17. The van der Waals surface area contributed by atoms with Gasteiger partial charge in [0.25, 0.3) is 0 Å². The Labute approximate surface area is 48.1 Å². The Hall–Kier alpha value is -0.640. The van der Waals surface area contributed by atoms with Crippen LogP contribution in [0.3, 0.4) is 0 Å². The van der Waals surface area contributed by atoms with Crippen LogP contribution in [-0.4, -0.2) is 11.7 Å². The molecule has 0 aliphatic heterocycles. The Morgan fingerprint density at radius 2 is 2.38 bits per heavy atom. The summed E-state index contributed by atoms with van der Waals surface area (Å²) in [6.45, 7) is 0.753. The van der Waals surface area contributed by atoms with Gasteiger partial charge in [-0.25, -0.2) is 11.0 Å². The SMILES string of the molecule is N=NN(N)CC1CC1. The summed E-state index contributed by atoms with van der Waals surface area (Å²) < 4.78 is 0. The first-order valence-corrected chi connectivity index (χ1v) is 2.72. The van der Waals surface area contributed by atoms with E-state index in [1.165, 1.54) is 18.0 Å². The van der Waals surface area contributed by atoms with Crippen LogP contribution >= 0.6 is 0 Å². The average molecular weight is 114 g/mol. The Morgan fingerprint density at radius 3 is 2.75 bits per heavy atom. The van der Waals surface area contributed by atoms with Crippen LogP contribution in [0.1, 0.15) is 12.8 Å². The number of hydrogen-bond donors (Lipinski definition) is 2. The summed E-state index contributed by atoms with van der Waals surface area (Å²) >= 11 is 0. The maximum Gasteiger partial charge on any atom is 0.0575 e. The fourth-order valence-corrected chi connectivity index (χ4v) is 0.606. The van der Waals surface area contributed by atoms with Crippen molar-refractivity contribution in [3.05, 3.63) is 0 Å². The maximum absolute atomic E-state index is 6.46. The molecule has 0 aromatic rings. The van der Waals surface area contributed by atoms with Crippen molar-refractivity contribution in [2.75, 3.05) is 6.54 Å². The molecule has 0 atom stereocenters. The van der Waals surface area contributed by atoms with Crippen molar-refractivity contribution in [3.8, 4) is 0 Å². The van der Waals surface area contributed by atoms with Gasteiger partial charge in [0.1, 0.15) is 0 Å². The third kappa shape index (κ3) is 1.46. The summed E-state index contributed by atoms with van der Waals surface area (Å²) in [5, 5.41) is 4.21. The normalized spacial score (nSPS) is 18.1. The van der Waals surface area contributed by atoms with Gasteiger partial charge >= 0.3 is 0 Å². The van der Waals surface area contributed by atoms with Crippen molar-refractivity contribution >= 4 is 0 Å². The highest BCUT2D eigenvalue weighted by atomic mass is 15.7. The molecule has 4 nitrogen and oxygen atoms in total. The lowest BCUT2D eigenvalue weighted by Gasteiger charge is -2.06. The third-order valence-corrected chi connectivity index (χ3v) is 1.27. The van der Waals surface area contributed by atoms with Crippen LogP contribution in [0.25, 0.3) is 0 Å². The van der Waals surface area contributed by atoms with Gasteiger partial charge in [-0.1, -0.05) is 5.22 Å². The predicted molar refractivity (Wildman–Crippen MR) is 28.8 cm³/mol. The zero-order chi connectivity index (χ0) is 5.98. The molecule has 1 aliphatic carbocycles. The van der Waals surface area contributed by atoms with Gasteiger partial charge in [0.15, 0.2) is 0 Å². The summed E-state index contributed by atoms with van der Waals surface area (Å²) in [7, 11) is 0. The van der Waals surface area contributed by atoms with Crippen molar-refractivity contribution in [3.63, 3.8) is 0 Å². The highest BCUT2D eigenvalue weighted by Crippen LogP contribution is 2.28. The molecular weight excluding hydrogens is 104 g/mol. The Balaban J connectivity index is 2.06. The van der Waals surface area contributed by atoms with Gasteiger partial charge in [0.2, 0.25) is 0 Å². The van der Waals surface area contributed by atoms with E-state index in [1.54, 1.807) is 0 Å². The number of nitrogens with one attached hydrogen (secondary N) is 1. The number of nitrogens with zero attached hydrogens (tertiary/aromatic N) is 2. The van der Waals surface area contributed by atoms with E-state index >= 15 is 0 Å². The molecule has 1 saturated carbocycles. The molecule has 1 aliphatic rings. The molecule has 0 aromatic heterocycles. The summed E-state index contributed by atoms with van der Waals surface area (Å²) in [5.74, 6) is 5.91. The second kappa shape index (κ2) is 2.09. The minimum absolute atomic E-state index is 0.717. The average Bonchev–Trinajstić information content (AvgIpc) is 2.50. The van der Waals surface area contributed by atoms with Crippen LogP contribution in [0, 0.1) is 11.4 Å². The van der Waals surface area contributed by atoms with Gasteiger partial charge < -0.3 is 0 Å². The molecule has 1 rings (SSSR count). The number of hydrogen-bond acceptors (Lipinski definition) is 3. The molecule has 4 heteroatoms. The monoisotopic (exact) mass is 114 g/mol. The molecule has 3 N–H and O–H groups in total. The molecule has 0 saturated heterocycles. The molecule has 0 aromatic carbocycles. The fourth-order valence-electron chi connectivity index (χ4n) is 0.606. The molecule has 0 unspecified atom stereocenters. The molecule has 46 valence electrons. The Morgan fingerprint density at radius 1 is 1.75 bits per heavy atom. The molecule has 0 bridgehead atoms. The predicted octanol–water partition coefficient (Wildman–Crippen LogP) is 0.518. The maximum atomic E-state index is 6.46. The first kappa shape index (κ1) is 5.50. The fraction of sp³-hybridized carbons (Fsp3) is 1.00. The minimum Gasteiger partial charge on any atom is -0.230 e. The molecule has 1 fully saturated rings. The van der Waals surface area contributed by atoms with Crippen LogP contribution < -0.4 is 5.84 Å². The van der Waals surface area contributed by atoms with Gasteiger partial charge in [-0.05, 0) is 18.8 Å². The lowest BCUT2D eigenvalue weighted by atomic mass is 10.4. The van der Waals surface area contributed by atoms with Gasteiger partial charge in [-0.3, -0.25) is 0 Å². The first-order valence-electron chi connectivity index (χ1n) is 2.72. The van der Waals surface area contributed by atoms with Crippen LogP contribution in [0.2, 0.25) is 0 Å². The zero-order valence-electron chi connectivity index (χ0n) is 4.67. The van der Waals surface area contributed by atoms with Gasteiger partial charge in [0.05, 0.1) is 6.54 Å². The van der Waals surface area contributed by atoms with Crippen molar-refractivity contribution < 1.29 is 0 Å². The number of nitrogens with two attached hydrogens (primary N) is 1.